The fourth-order valence-electron chi connectivity index (χ4n) is 3.43. The molecule has 1 aromatic carbocycles. The van der Waals surface area contributed by atoms with E-state index >= 15 is 0 Å². The van der Waals surface area contributed by atoms with Crippen LogP contribution >= 0.6 is 0 Å². The second-order valence-electron chi connectivity index (χ2n) is 6.32. The minimum atomic E-state index is 0.125. The normalized spacial score (nSPS) is 22.0. The lowest BCUT2D eigenvalue weighted by Gasteiger charge is -2.20. The Hall–Kier alpha value is -1.92. The topological polar surface area (TPSA) is 63.4 Å². The average Bonchev–Trinajstić information content (AvgIpc) is 3.17. The molecule has 1 aromatic heterocycles. The van der Waals surface area contributed by atoms with Crippen LogP contribution in [0.1, 0.15) is 36.2 Å². The summed E-state index contributed by atoms with van der Waals surface area (Å²) in [4.78, 5) is 2.43. The number of nitrogens with zero attached hydrogens (tertiary/aromatic N) is 4. The van der Waals surface area contributed by atoms with Gasteiger partial charge in [-0.2, -0.15) is 0 Å². The van der Waals surface area contributed by atoms with E-state index in [0.29, 0.717) is 5.75 Å². The van der Waals surface area contributed by atoms with Crippen molar-refractivity contribution in [3.63, 3.8) is 0 Å². The third-order valence-corrected chi connectivity index (χ3v) is 4.71. The first-order valence-electron chi connectivity index (χ1n) is 8.33. The number of benzene rings is 1. The van der Waals surface area contributed by atoms with Crippen molar-refractivity contribution in [3.05, 3.63) is 41.5 Å². The van der Waals surface area contributed by atoms with Gasteiger partial charge in [-0.3, -0.25) is 4.90 Å². The molecule has 3 heterocycles. The van der Waals surface area contributed by atoms with Gasteiger partial charge in [0.1, 0.15) is 17.7 Å². The Balaban J connectivity index is 1.45. The number of fused-ring (bicyclic) bond motifs is 1. The Bertz CT molecular complexity index is 662. The van der Waals surface area contributed by atoms with E-state index in [1.165, 1.54) is 5.56 Å². The van der Waals surface area contributed by atoms with E-state index in [2.05, 4.69) is 19.7 Å². The zero-order valence-corrected chi connectivity index (χ0v) is 13.2. The zero-order valence-electron chi connectivity index (χ0n) is 13.2. The van der Waals surface area contributed by atoms with Crippen molar-refractivity contribution in [2.24, 2.45) is 0 Å². The first-order chi connectivity index (χ1) is 11.3. The SMILES string of the molecule is Oc1ccc(CN2CCc3nnc(C4CCCO4)n3CC2)cc1. The summed E-state index contributed by atoms with van der Waals surface area (Å²) in [6, 6.07) is 7.46. The molecule has 23 heavy (non-hydrogen) atoms. The number of phenolic OH excluding ortho intramolecular Hbond substituents is 1. The van der Waals surface area contributed by atoms with Crippen LogP contribution in [-0.2, 0) is 24.2 Å². The van der Waals surface area contributed by atoms with E-state index in [0.717, 1.165) is 63.7 Å². The largest absolute Gasteiger partial charge is 0.508 e. The molecule has 0 radical (unpaired) electrons. The molecule has 6 nitrogen and oxygen atoms in total. The van der Waals surface area contributed by atoms with Crippen molar-refractivity contribution in [3.8, 4) is 5.75 Å². The summed E-state index contributed by atoms with van der Waals surface area (Å²) in [5, 5.41) is 18.2. The Morgan fingerprint density at radius 2 is 2.00 bits per heavy atom. The molecule has 1 saturated heterocycles. The predicted octanol–water partition coefficient (Wildman–Crippen LogP) is 1.89. The van der Waals surface area contributed by atoms with Crippen molar-refractivity contribution < 1.29 is 9.84 Å². The molecule has 1 unspecified atom stereocenters. The molecule has 1 N–H and O–H groups in total. The first-order valence-corrected chi connectivity index (χ1v) is 8.33. The van der Waals surface area contributed by atoms with Gasteiger partial charge in [-0.05, 0) is 30.5 Å². The zero-order chi connectivity index (χ0) is 15.6. The van der Waals surface area contributed by atoms with E-state index in [9.17, 15) is 5.11 Å². The number of aromatic nitrogens is 3. The summed E-state index contributed by atoms with van der Waals surface area (Å²) in [7, 11) is 0. The monoisotopic (exact) mass is 314 g/mol. The Morgan fingerprint density at radius 3 is 2.78 bits per heavy atom. The van der Waals surface area contributed by atoms with Crippen LogP contribution in [0.25, 0.3) is 0 Å². The second-order valence-corrected chi connectivity index (χ2v) is 6.32. The van der Waals surface area contributed by atoms with Crippen LogP contribution < -0.4 is 0 Å². The molecule has 0 saturated carbocycles. The lowest BCUT2D eigenvalue weighted by atomic mass is 10.2. The summed E-state index contributed by atoms with van der Waals surface area (Å²) < 4.78 is 8.03. The quantitative estimate of drug-likeness (QED) is 0.937. The van der Waals surface area contributed by atoms with Gasteiger partial charge in [0.05, 0.1) is 0 Å². The van der Waals surface area contributed by atoms with Gasteiger partial charge in [0.2, 0.25) is 0 Å². The molecule has 6 heteroatoms. The molecule has 1 atom stereocenters. The van der Waals surface area contributed by atoms with Crippen LogP contribution in [0.3, 0.4) is 0 Å². The Labute approximate surface area is 135 Å². The molecule has 0 aliphatic carbocycles. The standard InChI is InChI=1S/C17H22N4O2/c22-14-5-3-13(4-6-14)12-20-8-7-16-18-19-17(21(16)10-9-20)15-2-1-11-23-15/h3-6,15,22H,1-2,7-12H2. The van der Waals surface area contributed by atoms with Gasteiger partial charge in [0, 0.05) is 39.2 Å². The molecule has 2 aliphatic rings. The molecule has 122 valence electrons. The summed E-state index contributed by atoms with van der Waals surface area (Å²) >= 11 is 0. The molecule has 2 aromatic rings. The molecule has 4 rings (SSSR count). The van der Waals surface area contributed by atoms with E-state index in [-0.39, 0.29) is 6.10 Å². The van der Waals surface area contributed by atoms with Crippen LogP contribution in [0.15, 0.2) is 24.3 Å². The van der Waals surface area contributed by atoms with Gasteiger partial charge in [-0.15, -0.1) is 10.2 Å². The molecule has 2 aliphatic heterocycles. The number of hydrogen-bond donors (Lipinski definition) is 1. The van der Waals surface area contributed by atoms with Crippen molar-refractivity contribution in [2.45, 2.75) is 38.5 Å². The minimum Gasteiger partial charge on any atom is -0.508 e. The van der Waals surface area contributed by atoms with Gasteiger partial charge in [0.15, 0.2) is 5.82 Å². The molecule has 0 amide bonds. The maximum atomic E-state index is 9.39. The Kier molecular flexibility index (Phi) is 4.01. The van der Waals surface area contributed by atoms with Crippen LogP contribution in [0.5, 0.6) is 5.75 Å². The van der Waals surface area contributed by atoms with Gasteiger partial charge in [-0.1, -0.05) is 12.1 Å². The lowest BCUT2D eigenvalue weighted by molar-refractivity contribution is 0.101. The highest BCUT2D eigenvalue weighted by Crippen LogP contribution is 2.28. The van der Waals surface area contributed by atoms with Crippen molar-refractivity contribution >= 4 is 0 Å². The smallest absolute Gasteiger partial charge is 0.162 e. The summed E-state index contributed by atoms with van der Waals surface area (Å²) in [5.74, 6) is 2.39. The second kappa shape index (κ2) is 6.29. The summed E-state index contributed by atoms with van der Waals surface area (Å²) in [6.45, 7) is 4.60. The lowest BCUT2D eigenvalue weighted by Crippen LogP contribution is -2.26. The van der Waals surface area contributed by atoms with E-state index in [1.807, 2.05) is 12.1 Å². The van der Waals surface area contributed by atoms with Crippen molar-refractivity contribution in [1.29, 1.82) is 0 Å². The summed E-state index contributed by atoms with van der Waals surface area (Å²) in [6.07, 6.45) is 3.20. The highest BCUT2D eigenvalue weighted by atomic mass is 16.5. The number of rotatable bonds is 3. The average molecular weight is 314 g/mol. The van der Waals surface area contributed by atoms with E-state index < -0.39 is 0 Å². The van der Waals surface area contributed by atoms with Crippen LogP contribution in [0.2, 0.25) is 0 Å². The van der Waals surface area contributed by atoms with Gasteiger partial charge < -0.3 is 14.4 Å². The van der Waals surface area contributed by atoms with Crippen LogP contribution in [0, 0.1) is 0 Å². The predicted molar refractivity (Wildman–Crippen MR) is 85.0 cm³/mol. The highest BCUT2D eigenvalue weighted by molar-refractivity contribution is 5.25. The number of ether oxygens (including phenoxy) is 1. The first kappa shape index (κ1) is 14.7. The third kappa shape index (κ3) is 3.09. The molecular weight excluding hydrogens is 292 g/mol. The minimum absolute atomic E-state index is 0.125. The van der Waals surface area contributed by atoms with Gasteiger partial charge in [0.25, 0.3) is 0 Å². The van der Waals surface area contributed by atoms with Crippen molar-refractivity contribution in [1.82, 2.24) is 19.7 Å². The number of hydrogen-bond acceptors (Lipinski definition) is 5. The highest BCUT2D eigenvalue weighted by Gasteiger charge is 2.26. The maximum absolute atomic E-state index is 9.39. The number of phenols is 1. The van der Waals surface area contributed by atoms with Crippen LogP contribution in [0.4, 0.5) is 0 Å². The molecular formula is C17H22N4O2. The fourth-order valence-corrected chi connectivity index (χ4v) is 3.43. The fraction of sp³-hybridized carbons (Fsp3) is 0.529. The molecule has 0 bridgehead atoms. The van der Waals surface area contributed by atoms with E-state index in [1.54, 1.807) is 12.1 Å². The molecule has 1 fully saturated rings. The summed E-state index contributed by atoms with van der Waals surface area (Å²) in [5.41, 5.74) is 1.22. The van der Waals surface area contributed by atoms with Crippen molar-refractivity contribution in [2.75, 3.05) is 19.7 Å². The molecule has 0 spiro atoms. The van der Waals surface area contributed by atoms with Crippen LogP contribution in [-0.4, -0.2) is 44.5 Å². The van der Waals surface area contributed by atoms with E-state index in [4.69, 9.17) is 4.74 Å². The maximum Gasteiger partial charge on any atom is 0.162 e. The Morgan fingerprint density at radius 1 is 1.13 bits per heavy atom. The third-order valence-electron chi connectivity index (χ3n) is 4.71. The number of aromatic hydroxyl groups is 1. The van der Waals surface area contributed by atoms with Gasteiger partial charge in [-0.25, -0.2) is 0 Å². The van der Waals surface area contributed by atoms with Gasteiger partial charge >= 0.3 is 0 Å².